The number of carbonyl (C=O) groups excluding carboxylic acids is 3. The molecule has 1 spiro atoms. The van der Waals surface area contributed by atoms with Crippen LogP contribution in [0.4, 0.5) is 0 Å². The number of hydrogen-bond donors (Lipinski definition) is 4. The van der Waals surface area contributed by atoms with Gasteiger partial charge in [0.1, 0.15) is 11.9 Å². The average Bonchev–Trinajstić information content (AvgIpc) is 3.77. The second kappa shape index (κ2) is 10.9. The summed E-state index contributed by atoms with van der Waals surface area (Å²) < 4.78 is 13.9. The average molecular weight is 592 g/mol. The molecule has 2 saturated heterocycles. The highest BCUT2D eigenvalue weighted by atomic mass is 32.1. The fourth-order valence-corrected chi connectivity index (χ4v) is 7.37. The third-order valence-corrected chi connectivity index (χ3v) is 9.75. The third-order valence-electron chi connectivity index (χ3n) is 7.48. The lowest BCUT2D eigenvalue weighted by molar-refractivity contribution is -0.152. The van der Waals surface area contributed by atoms with E-state index in [4.69, 9.17) is 20.6 Å². The number of thiophene rings is 2. The molecular formula is C29H29N5O5S2. The number of benzene rings is 2. The van der Waals surface area contributed by atoms with Gasteiger partial charge in [-0.15, -0.1) is 22.7 Å². The zero-order chi connectivity index (χ0) is 28.7. The molecule has 2 atom stereocenters. The van der Waals surface area contributed by atoms with Crippen molar-refractivity contribution in [3.8, 4) is 0 Å². The largest absolute Gasteiger partial charge is 0.384 e. The summed E-state index contributed by atoms with van der Waals surface area (Å²) in [5.41, 5.74) is 6.63. The normalized spacial score (nSPS) is 18.7. The van der Waals surface area contributed by atoms with Crippen LogP contribution >= 0.6 is 22.7 Å². The van der Waals surface area contributed by atoms with Crippen LogP contribution in [0.1, 0.15) is 40.2 Å². The third kappa shape index (κ3) is 5.31. The lowest BCUT2D eigenvalue weighted by Gasteiger charge is -2.25. The summed E-state index contributed by atoms with van der Waals surface area (Å²) in [6.07, 6.45) is 0.191. The smallest absolute Gasteiger partial charge is 0.251 e. The summed E-state index contributed by atoms with van der Waals surface area (Å²) in [5, 5.41) is 17.2. The van der Waals surface area contributed by atoms with E-state index in [0.717, 1.165) is 25.0 Å². The Morgan fingerprint density at radius 3 is 2.61 bits per heavy atom. The summed E-state index contributed by atoms with van der Waals surface area (Å²) in [4.78, 5) is 42.1. The van der Waals surface area contributed by atoms with Gasteiger partial charge in [-0.3, -0.25) is 19.8 Å². The zero-order valence-electron chi connectivity index (χ0n) is 22.3. The summed E-state index contributed by atoms with van der Waals surface area (Å²) in [7, 11) is 0. The van der Waals surface area contributed by atoms with Crippen LogP contribution in [0.25, 0.3) is 20.2 Å². The minimum atomic E-state index is -1.04. The Kier molecular flexibility index (Phi) is 7.24. The van der Waals surface area contributed by atoms with Crippen LogP contribution in [0.2, 0.25) is 0 Å². The van der Waals surface area contributed by atoms with Gasteiger partial charge < -0.3 is 30.7 Å². The first-order valence-electron chi connectivity index (χ1n) is 13.2. The number of amides is 3. The van der Waals surface area contributed by atoms with E-state index in [-0.39, 0.29) is 43.2 Å². The number of nitrogens with zero attached hydrogens (tertiary/aromatic N) is 1. The Morgan fingerprint density at radius 2 is 1.85 bits per heavy atom. The predicted molar refractivity (Wildman–Crippen MR) is 158 cm³/mol. The second-order valence-electron chi connectivity index (χ2n) is 10.2. The first-order chi connectivity index (χ1) is 19.7. The number of rotatable bonds is 7. The van der Waals surface area contributed by atoms with Crippen LogP contribution in [-0.4, -0.2) is 66.6 Å². The van der Waals surface area contributed by atoms with Gasteiger partial charge in [-0.05, 0) is 37.3 Å². The molecule has 0 unspecified atom stereocenters. The fraction of sp³-hybridized carbons (Fsp3) is 0.310. The maximum absolute atomic E-state index is 13.4. The summed E-state index contributed by atoms with van der Waals surface area (Å²) in [6, 6.07) is 14.1. The molecule has 5 N–H and O–H groups in total. The highest BCUT2D eigenvalue weighted by Crippen LogP contribution is 2.36. The highest BCUT2D eigenvalue weighted by Gasteiger charge is 2.52. The topological polar surface area (TPSA) is 147 Å². The van der Waals surface area contributed by atoms with Crippen LogP contribution in [-0.2, 0) is 19.1 Å². The number of hydrogen-bond acceptors (Lipinski definition) is 8. The molecule has 2 aromatic carbocycles. The molecule has 212 valence electrons. The Bertz CT molecular complexity index is 1670. The molecule has 4 heterocycles. The van der Waals surface area contributed by atoms with Gasteiger partial charge >= 0.3 is 0 Å². The quantitative estimate of drug-likeness (QED) is 0.192. The maximum Gasteiger partial charge on any atom is 0.251 e. The van der Waals surface area contributed by atoms with Crippen LogP contribution < -0.4 is 16.4 Å². The molecule has 2 aromatic heterocycles. The Balaban J connectivity index is 1.15. The van der Waals surface area contributed by atoms with Crippen LogP contribution in [0, 0.1) is 5.41 Å². The number of fused-ring (bicyclic) bond motifs is 3. The molecule has 4 aromatic rings. The van der Waals surface area contributed by atoms with E-state index in [1.165, 1.54) is 16.2 Å². The van der Waals surface area contributed by atoms with E-state index in [2.05, 4.69) is 16.7 Å². The number of likely N-dealkylation sites (tertiary alicyclic amines) is 1. The van der Waals surface area contributed by atoms with Gasteiger partial charge in [-0.2, -0.15) is 0 Å². The molecule has 0 radical (unpaired) electrons. The maximum atomic E-state index is 13.4. The van der Waals surface area contributed by atoms with Crippen molar-refractivity contribution in [2.45, 2.75) is 31.2 Å². The molecule has 2 aliphatic heterocycles. The summed E-state index contributed by atoms with van der Waals surface area (Å²) >= 11 is 3.06. The lowest BCUT2D eigenvalue weighted by Crippen LogP contribution is -2.49. The van der Waals surface area contributed by atoms with Gasteiger partial charge in [-0.1, -0.05) is 18.2 Å². The molecule has 12 heteroatoms. The molecule has 0 bridgehead atoms. The molecule has 41 heavy (non-hydrogen) atoms. The number of ether oxygens (including phenoxy) is 2. The fourth-order valence-electron chi connectivity index (χ4n) is 5.37. The van der Waals surface area contributed by atoms with Gasteiger partial charge in [0.05, 0.1) is 32.3 Å². The van der Waals surface area contributed by atoms with Crippen molar-refractivity contribution in [2.75, 3.05) is 26.3 Å². The molecule has 0 aliphatic carbocycles. The van der Waals surface area contributed by atoms with Crippen molar-refractivity contribution >= 4 is 66.4 Å². The van der Waals surface area contributed by atoms with Crippen molar-refractivity contribution in [3.63, 3.8) is 0 Å². The highest BCUT2D eigenvalue weighted by molar-refractivity contribution is 7.25. The van der Waals surface area contributed by atoms with Crippen LogP contribution in [0.3, 0.4) is 0 Å². The van der Waals surface area contributed by atoms with E-state index in [0.29, 0.717) is 24.3 Å². The van der Waals surface area contributed by atoms with Crippen molar-refractivity contribution < 1.29 is 23.9 Å². The standard InChI is InChI=1S/C29H29N5O5S2/c1-16(24-11-18(14-40-24)26(30)31)33-28(37)21-12-29(38-8-9-39-29)15-34(21)25(35)13-32-27(36)17-6-7-23-20(10-17)19-4-2-3-5-22(19)41-23/h2-7,10-11,14,16,21H,8-9,12-13,15H2,1H3,(H3,30,31)(H,32,36)(H,33,37)/t16-,21+/m1/s1. The van der Waals surface area contributed by atoms with Crippen molar-refractivity contribution in [3.05, 3.63) is 69.9 Å². The molecule has 6 rings (SSSR count). The number of nitrogens with one attached hydrogen (secondary N) is 3. The number of nitrogen functional groups attached to an aromatic ring is 1. The molecule has 2 aliphatic rings. The Labute approximate surface area is 243 Å². The molecule has 10 nitrogen and oxygen atoms in total. The zero-order valence-corrected chi connectivity index (χ0v) is 23.9. The number of nitrogens with two attached hydrogens (primary N) is 1. The minimum Gasteiger partial charge on any atom is -0.384 e. The second-order valence-corrected chi connectivity index (χ2v) is 12.2. The monoisotopic (exact) mass is 591 g/mol. The van der Waals surface area contributed by atoms with E-state index in [1.807, 2.05) is 37.3 Å². The van der Waals surface area contributed by atoms with Crippen molar-refractivity contribution in [1.82, 2.24) is 15.5 Å². The molecule has 0 saturated carbocycles. The summed E-state index contributed by atoms with van der Waals surface area (Å²) in [6.45, 7) is 2.41. The Morgan fingerprint density at radius 1 is 1.10 bits per heavy atom. The van der Waals surface area contributed by atoms with Gasteiger partial charge in [0.15, 0.2) is 5.79 Å². The number of amidine groups is 1. The van der Waals surface area contributed by atoms with Gasteiger partial charge in [-0.25, -0.2) is 0 Å². The number of carbonyl (C=O) groups is 3. The molecular weight excluding hydrogens is 562 g/mol. The van der Waals surface area contributed by atoms with Gasteiger partial charge in [0, 0.05) is 48.0 Å². The van der Waals surface area contributed by atoms with E-state index in [1.54, 1.807) is 28.8 Å². The molecule has 2 fully saturated rings. The summed E-state index contributed by atoms with van der Waals surface area (Å²) in [5.74, 6) is -2.20. The van der Waals surface area contributed by atoms with Crippen LogP contribution in [0.15, 0.2) is 53.9 Å². The van der Waals surface area contributed by atoms with E-state index < -0.39 is 17.7 Å². The first kappa shape index (κ1) is 27.3. The van der Waals surface area contributed by atoms with Crippen molar-refractivity contribution in [1.29, 1.82) is 5.41 Å². The lowest BCUT2D eigenvalue weighted by atomic mass is 10.1. The van der Waals surface area contributed by atoms with Gasteiger partial charge in [0.2, 0.25) is 11.8 Å². The van der Waals surface area contributed by atoms with Crippen molar-refractivity contribution in [2.24, 2.45) is 5.73 Å². The SMILES string of the molecule is C[C@@H](NC(=O)[C@@H]1CC2(CN1C(=O)CNC(=O)c1ccc3sc4ccccc4c3c1)OCCO2)c1cc(C(=N)N)cs1. The van der Waals surface area contributed by atoms with Gasteiger partial charge in [0.25, 0.3) is 5.91 Å². The Hall–Kier alpha value is -3.84. The predicted octanol–water partition coefficient (Wildman–Crippen LogP) is 3.35. The van der Waals surface area contributed by atoms with E-state index >= 15 is 0 Å². The minimum absolute atomic E-state index is 0.0401. The first-order valence-corrected chi connectivity index (χ1v) is 14.9. The van der Waals surface area contributed by atoms with Crippen LogP contribution in [0.5, 0.6) is 0 Å². The molecule has 3 amide bonds. The van der Waals surface area contributed by atoms with E-state index in [9.17, 15) is 14.4 Å².